The van der Waals surface area contributed by atoms with Crippen LogP contribution in [0.3, 0.4) is 0 Å². The summed E-state index contributed by atoms with van der Waals surface area (Å²) >= 11 is 0. The fourth-order valence-corrected chi connectivity index (χ4v) is 3.89. The summed E-state index contributed by atoms with van der Waals surface area (Å²) in [6.45, 7) is 4.81. The number of likely N-dealkylation sites (N-methyl/N-ethyl adjacent to an activating group) is 1. The van der Waals surface area contributed by atoms with Crippen LogP contribution in [0.15, 0.2) is 54.6 Å². The molecule has 2 aromatic carbocycles. The first-order valence-electron chi connectivity index (χ1n) is 9.74. The molecule has 0 fully saturated rings. The zero-order valence-corrected chi connectivity index (χ0v) is 16.8. The minimum Gasteiger partial charge on any atom is -0.377 e. The molecule has 1 atom stereocenters. The maximum absolute atomic E-state index is 13.4. The normalized spacial score (nSPS) is 18.4. The zero-order chi connectivity index (χ0) is 20.1. The van der Waals surface area contributed by atoms with Gasteiger partial charge in [0.05, 0.1) is 18.1 Å². The Hall–Kier alpha value is -2.66. The van der Waals surface area contributed by atoms with E-state index in [1.54, 1.807) is 11.9 Å². The SMILES string of the molecule is CC(C)OCCNC(=O)C[C@@]1(Cc2ccccc2)C(=O)N(C)c2ccccc21. The smallest absolute Gasteiger partial charge is 0.238 e. The van der Waals surface area contributed by atoms with Crippen LogP contribution in [0, 0.1) is 0 Å². The van der Waals surface area contributed by atoms with E-state index in [2.05, 4.69) is 5.32 Å². The first-order chi connectivity index (χ1) is 13.4. The van der Waals surface area contributed by atoms with Gasteiger partial charge in [0.2, 0.25) is 11.8 Å². The Morgan fingerprint density at radius 3 is 2.50 bits per heavy atom. The maximum Gasteiger partial charge on any atom is 0.238 e. The molecule has 0 unspecified atom stereocenters. The van der Waals surface area contributed by atoms with Crippen molar-refractivity contribution in [2.75, 3.05) is 25.1 Å². The Kier molecular flexibility index (Phi) is 6.15. The highest BCUT2D eigenvalue weighted by atomic mass is 16.5. The van der Waals surface area contributed by atoms with Crippen molar-refractivity contribution in [3.8, 4) is 0 Å². The van der Waals surface area contributed by atoms with Gasteiger partial charge in [-0.05, 0) is 37.5 Å². The van der Waals surface area contributed by atoms with Crippen molar-refractivity contribution >= 4 is 17.5 Å². The Labute approximate surface area is 166 Å². The molecule has 1 heterocycles. The maximum atomic E-state index is 13.4. The van der Waals surface area contributed by atoms with Gasteiger partial charge in [-0.15, -0.1) is 0 Å². The lowest BCUT2D eigenvalue weighted by Gasteiger charge is -2.28. The van der Waals surface area contributed by atoms with Crippen LogP contribution in [0.5, 0.6) is 0 Å². The number of carbonyl (C=O) groups is 2. The largest absolute Gasteiger partial charge is 0.377 e. The van der Waals surface area contributed by atoms with Gasteiger partial charge in [0.15, 0.2) is 0 Å². The molecule has 0 aromatic heterocycles. The predicted molar refractivity (Wildman–Crippen MR) is 110 cm³/mol. The zero-order valence-electron chi connectivity index (χ0n) is 16.8. The molecule has 0 spiro atoms. The highest BCUT2D eigenvalue weighted by Gasteiger charge is 2.50. The third-order valence-corrected chi connectivity index (χ3v) is 5.18. The van der Waals surface area contributed by atoms with Crippen LogP contribution in [0.4, 0.5) is 5.69 Å². The highest BCUT2D eigenvalue weighted by molar-refractivity contribution is 6.09. The molecule has 1 aliphatic heterocycles. The molecule has 1 N–H and O–H groups in total. The molecule has 5 nitrogen and oxygen atoms in total. The molecule has 2 amide bonds. The third-order valence-electron chi connectivity index (χ3n) is 5.18. The van der Waals surface area contributed by atoms with Gasteiger partial charge in [-0.3, -0.25) is 9.59 Å². The van der Waals surface area contributed by atoms with E-state index in [1.807, 2.05) is 68.4 Å². The van der Waals surface area contributed by atoms with Crippen molar-refractivity contribution in [1.82, 2.24) is 5.32 Å². The van der Waals surface area contributed by atoms with Crippen LogP contribution < -0.4 is 10.2 Å². The molecule has 28 heavy (non-hydrogen) atoms. The van der Waals surface area contributed by atoms with E-state index in [4.69, 9.17) is 4.74 Å². The quantitative estimate of drug-likeness (QED) is 0.716. The molecular weight excluding hydrogens is 352 g/mol. The van der Waals surface area contributed by atoms with Crippen LogP contribution in [0.1, 0.15) is 31.4 Å². The Morgan fingerprint density at radius 1 is 1.11 bits per heavy atom. The standard InChI is InChI=1S/C23H28N2O3/c1-17(2)28-14-13-24-21(26)16-23(15-18-9-5-4-6-10-18)19-11-7-8-12-20(19)25(3)22(23)27/h4-12,17H,13-16H2,1-3H3,(H,24,26)/t23-/m1/s1. The minimum absolute atomic E-state index is 0.0360. The number of hydrogen-bond acceptors (Lipinski definition) is 3. The van der Waals surface area contributed by atoms with Crippen molar-refractivity contribution in [1.29, 1.82) is 0 Å². The second-order valence-corrected chi connectivity index (χ2v) is 7.57. The second-order valence-electron chi connectivity index (χ2n) is 7.57. The fraction of sp³-hybridized carbons (Fsp3) is 0.391. The van der Waals surface area contributed by atoms with E-state index in [9.17, 15) is 9.59 Å². The number of nitrogens with one attached hydrogen (secondary N) is 1. The van der Waals surface area contributed by atoms with Gasteiger partial charge in [-0.25, -0.2) is 0 Å². The van der Waals surface area contributed by atoms with E-state index < -0.39 is 5.41 Å². The number of hydrogen-bond donors (Lipinski definition) is 1. The van der Waals surface area contributed by atoms with Crippen molar-refractivity contribution in [2.24, 2.45) is 0 Å². The van der Waals surface area contributed by atoms with Crippen LogP contribution in [0.2, 0.25) is 0 Å². The van der Waals surface area contributed by atoms with Gasteiger partial charge in [0.1, 0.15) is 0 Å². The van der Waals surface area contributed by atoms with Gasteiger partial charge >= 0.3 is 0 Å². The molecule has 0 radical (unpaired) electrons. The van der Waals surface area contributed by atoms with Gasteiger partial charge in [-0.2, -0.15) is 0 Å². The van der Waals surface area contributed by atoms with Gasteiger partial charge < -0.3 is 15.0 Å². The van der Waals surface area contributed by atoms with Crippen LogP contribution in [0.25, 0.3) is 0 Å². The van der Waals surface area contributed by atoms with E-state index in [0.717, 1.165) is 16.8 Å². The van der Waals surface area contributed by atoms with E-state index in [0.29, 0.717) is 19.6 Å². The number of benzene rings is 2. The van der Waals surface area contributed by atoms with Gasteiger partial charge in [0, 0.05) is 25.7 Å². The van der Waals surface area contributed by atoms with Crippen molar-refractivity contribution in [3.63, 3.8) is 0 Å². The molecule has 1 aliphatic rings. The average Bonchev–Trinajstić information content (AvgIpc) is 2.88. The molecular formula is C23H28N2O3. The summed E-state index contributed by atoms with van der Waals surface area (Å²) < 4.78 is 5.49. The molecule has 0 bridgehead atoms. The number of carbonyl (C=O) groups excluding carboxylic acids is 2. The number of anilines is 1. The number of amides is 2. The fourth-order valence-electron chi connectivity index (χ4n) is 3.89. The third kappa shape index (κ3) is 4.09. The summed E-state index contributed by atoms with van der Waals surface area (Å²) in [7, 11) is 1.78. The molecule has 0 saturated carbocycles. The van der Waals surface area contributed by atoms with Crippen LogP contribution in [-0.4, -0.2) is 38.1 Å². The number of ether oxygens (including phenoxy) is 1. The summed E-state index contributed by atoms with van der Waals surface area (Å²) in [5, 5.41) is 2.91. The Morgan fingerprint density at radius 2 is 1.79 bits per heavy atom. The first kappa shape index (κ1) is 20.1. The molecule has 148 valence electrons. The minimum atomic E-state index is -0.893. The van der Waals surface area contributed by atoms with Gasteiger partial charge in [0.25, 0.3) is 0 Å². The number of nitrogens with zero attached hydrogens (tertiary/aromatic N) is 1. The van der Waals surface area contributed by atoms with Crippen molar-refractivity contribution < 1.29 is 14.3 Å². The number of fused-ring (bicyclic) bond motifs is 1. The lowest BCUT2D eigenvalue weighted by atomic mass is 9.73. The summed E-state index contributed by atoms with van der Waals surface area (Å²) in [5.74, 6) is -0.173. The summed E-state index contributed by atoms with van der Waals surface area (Å²) in [5.41, 5.74) is 1.94. The second kappa shape index (κ2) is 8.57. The number of rotatable bonds is 8. The van der Waals surface area contributed by atoms with Crippen LogP contribution >= 0.6 is 0 Å². The van der Waals surface area contributed by atoms with E-state index in [-0.39, 0.29) is 24.3 Å². The Balaban J connectivity index is 1.86. The highest BCUT2D eigenvalue weighted by Crippen LogP contribution is 2.45. The number of para-hydroxylation sites is 1. The summed E-state index contributed by atoms with van der Waals surface area (Å²) in [6.07, 6.45) is 0.728. The van der Waals surface area contributed by atoms with Crippen LogP contribution in [-0.2, 0) is 26.2 Å². The van der Waals surface area contributed by atoms with E-state index in [1.165, 1.54) is 0 Å². The molecule has 2 aromatic rings. The predicted octanol–water partition coefficient (Wildman–Crippen LogP) is 3.07. The van der Waals surface area contributed by atoms with Crippen molar-refractivity contribution in [2.45, 2.75) is 38.2 Å². The lowest BCUT2D eigenvalue weighted by Crippen LogP contribution is -2.44. The topological polar surface area (TPSA) is 58.6 Å². The molecule has 0 aliphatic carbocycles. The van der Waals surface area contributed by atoms with E-state index >= 15 is 0 Å². The van der Waals surface area contributed by atoms with Crippen molar-refractivity contribution in [3.05, 3.63) is 65.7 Å². The van der Waals surface area contributed by atoms with Gasteiger partial charge in [-0.1, -0.05) is 48.5 Å². The first-order valence-corrected chi connectivity index (χ1v) is 9.74. The summed E-state index contributed by atoms with van der Waals surface area (Å²) in [6, 6.07) is 17.6. The molecule has 0 saturated heterocycles. The lowest BCUT2D eigenvalue weighted by molar-refractivity contribution is -0.129. The average molecular weight is 380 g/mol. The molecule has 5 heteroatoms. The molecule has 3 rings (SSSR count). The monoisotopic (exact) mass is 380 g/mol. The Bertz CT molecular complexity index is 835. The summed E-state index contributed by atoms with van der Waals surface area (Å²) in [4.78, 5) is 27.8.